The average Bonchev–Trinajstić information content (AvgIpc) is 3.24. The smallest absolute Gasteiger partial charge is 0.245 e. The summed E-state index contributed by atoms with van der Waals surface area (Å²) in [5, 5.41) is 8.34. The number of benzene rings is 1. The fourth-order valence-corrected chi connectivity index (χ4v) is 5.67. The van der Waals surface area contributed by atoms with Crippen molar-refractivity contribution in [2.45, 2.75) is 71.5 Å². The lowest BCUT2D eigenvalue weighted by Gasteiger charge is -2.27. The maximum atomic E-state index is 13.6. The zero-order chi connectivity index (χ0) is 26.3. The highest BCUT2D eigenvalue weighted by Crippen LogP contribution is 2.59. The molecule has 0 unspecified atom stereocenters. The summed E-state index contributed by atoms with van der Waals surface area (Å²) >= 11 is 0. The minimum atomic E-state index is -0.368. The van der Waals surface area contributed by atoms with Crippen LogP contribution in [0.15, 0.2) is 30.6 Å². The number of hydrogen-bond donors (Lipinski definition) is 1. The molecule has 3 aromatic rings. The summed E-state index contributed by atoms with van der Waals surface area (Å²) in [7, 11) is 1.90. The van der Waals surface area contributed by atoms with E-state index in [0.717, 1.165) is 43.4 Å². The summed E-state index contributed by atoms with van der Waals surface area (Å²) in [6.45, 7) is 6.35. The number of hydrogen-bond acceptors (Lipinski definition) is 7. The van der Waals surface area contributed by atoms with Crippen molar-refractivity contribution < 1.29 is 14.4 Å². The fraction of sp³-hybridized carbons (Fsp3) is 0.500. The largest absolute Gasteiger partial charge is 0.327 e. The van der Waals surface area contributed by atoms with Crippen molar-refractivity contribution >= 4 is 28.4 Å². The van der Waals surface area contributed by atoms with Crippen LogP contribution in [0.4, 0.5) is 0 Å². The number of fused-ring (bicyclic) bond motifs is 2. The maximum Gasteiger partial charge on any atom is 0.245 e. The van der Waals surface area contributed by atoms with E-state index in [2.05, 4.69) is 27.3 Å². The number of likely N-dealkylation sites (tertiary alicyclic amines) is 1. The van der Waals surface area contributed by atoms with Crippen LogP contribution in [0.3, 0.4) is 0 Å². The minimum Gasteiger partial charge on any atom is -0.327 e. The Morgan fingerprint density at radius 1 is 1.11 bits per heavy atom. The third-order valence-electron chi connectivity index (χ3n) is 7.88. The molecule has 194 valence electrons. The second-order valence-corrected chi connectivity index (χ2v) is 10.7. The molecule has 0 bridgehead atoms. The number of aromatic nitrogens is 4. The van der Waals surface area contributed by atoms with Gasteiger partial charge in [-0.15, -0.1) is 0 Å². The van der Waals surface area contributed by atoms with E-state index in [9.17, 15) is 14.4 Å². The van der Waals surface area contributed by atoms with E-state index in [-0.39, 0.29) is 41.5 Å². The van der Waals surface area contributed by atoms with Crippen LogP contribution in [0, 0.1) is 12.3 Å². The van der Waals surface area contributed by atoms with Gasteiger partial charge in [-0.25, -0.2) is 9.97 Å². The summed E-state index contributed by atoms with van der Waals surface area (Å²) in [6, 6.07) is 5.45. The van der Waals surface area contributed by atoms with Crippen molar-refractivity contribution in [2.24, 2.45) is 5.41 Å². The van der Waals surface area contributed by atoms with Crippen LogP contribution in [-0.4, -0.2) is 67.8 Å². The number of rotatable bonds is 10. The molecule has 0 spiro atoms. The number of carbonyl (C=O) groups excluding carboxylic acids is 3. The molecule has 3 atom stereocenters. The summed E-state index contributed by atoms with van der Waals surface area (Å²) in [4.78, 5) is 49.5. The Morgan fingerprint density at radius 2 is 1.86 bits per heavy atom. The third-order valence-corrected chi connectivity index (χ3v) is 7.88. The SMILES string of the molecule is CNCCCCC(=O)[C@@H]1C[C@@]2(C)C[C@H]2N1C(=O)Cn1nc(C(C)=O)c2cc(-c3cnc(C)nc3)ccc21. The van der Waals surface area contributed by atoms with E-state index in [0.29, 0.717) is 28.8 Å². The highest BCUT2D eigenvalue weighted by Gasteiger charge is 2.64. The first-order valence-corrected chi connectivity index (χ1v) is 13.0. The Hall–Kier alpha value is -3.46. The van der Waals surface area contributed by atoms with Crippen molar-refractivity contribution in [3.05, 3.63) is 42.1 Å². The maximum absolute atomic E-state index is 13.6. The number of carbonyl (C=O) groups is 3. The molecule has 37 heavy (non-hydrogen) atoms. The Labute approximate surface area is 216 Å². The van der Waals surface area contributed by atoms with Gasteiger partial charge in [-0.3, -0.25) is 19.1 Å². The predicted octanol–water partition coefficient (Wildman–Crippen LogP) is 3.34. The lowest BCUT2D eigenvalue weighted by Crippen LogP contribution is -2.44. The number of Topliss-reactive ketones (excluding diaryl/α,β-unsaturated/α-hetero) is 2. The van der Waals surface area contributed by atoms with E-state index in [1.807, 2.05) is 37.1 Å². The molecular formula is C28H34N6O3. The van der Waals surface area contributed by atoms with E-state index < -0.39 is 0 Å². The van der Waals surface area contributed by atoms with Crippen LogP contribution in [0.2, 0.25) is 0 Å². The first kappa shape index (κ1) is 25.2. The van der Waals surface area contributed by atoms with E-state index in [1.54, 1.807) is 17.1 Å². The van der Waals surface area contributed by atoms with Crippen LogP contribution in [0.5, 0.6) is 0 Å². The molecule has 9 heteroatoms. The molecule has 1 saturated heterocycles. The number of aryl methyl sites for hydroxylation is 1. The molecule has 1 amide bonds. The molecule has 2 aromatic heterocycles. The molecule has 1 aliphatic heterocycles. The average molecular weight is 503 g/mol. The number of nitrogens with one attached hydrogen (secondary N) is 1. The summed E-state index contributed by atoms with van der Waals surface area (Å²) < 4.78 is 1.61. The molecule has 3 heterocycles. The summed E-state index contributed by atoms with van der Waals surface area (Å²) in [6.07, 6.45) is 7.41. The van der Waals surface area contributed by atoms with Gasteiger partial charge < -0.3 is 10.2 Å². The van der Waals surface area contributed by atoms with Crippen molar-refractivity contribution in [2.75, 3.05) is 13.6 Å². The van der Waals surface area contributed by atoms with Crippen LogP contribution in [0.1, 0.15) is 62.3 Å². The molecule has 1 aliphatic carbocycles. The molecule has 5 rings (SSSR count). The van der Waals surface area contributed by atoms with E-state index >= 15 is 0 Å². The Kier molecular flexibility index (Phi) is 6.66. The van der Waals surface area contributed by atoms with Gasteiger partial charge in [0.25, 0.3) is 0 Å². The van der Waals surface area contributed by atoms with Gasteiger partial charge in [-0.1, -0.05) is 13.0 Å². The highest BCUT2D eigenvalue weighted by molar-refractivity contribution is 6.06. The molecule has 2 aliphatic rings. The van der Waals surface area contributed by atoms with Crippen molar-refractivity contribution in [3.8, 4) is 11.1 Å². The fourth-order valence-electron chi connectivity index (χ4n) is 5.67. The highest BCUT2D eigenvalue weighted by atomic mass is 16.2. The second-order valence-electron chi connectivity index (χ2n) is 10.7. The quantitative estimate of drug-likeness (QED) is 0.334. The van der Waals surface area contributed by atoms with Crippen molar-refractivity contribution in [3.63, 3.8) is 0 Å². The molecule has 1 aromatic carbocycles. The molecule has 0 radical (unpaired) electrons. The molecule has 9 nitrogen and oxygen atoms in total. The van der Waals surface area contributed by atoms with Crippen LogP contribution < -0.4 is 5.32 Å². The molecular weight excluding hydrogens is 468 g/mol. The van der Waals surface area contributed by atoms with E-state index in [4.69, 9.17) is 0 Å². The number of amides is 1. The zero-order valence-corrected chi connectivity index (χ0v) is 22.0. The van der Waals surface area contributed by atoms with Gasteiger partial charge in [-0.2, -0.15) is 5.10 Å². The Balaban J connectivity index is 1.40. The monoisotopic (exact) mass is 502 g/mol. The zero-order valence-electron chi connectivity index (χ0n) is 22.0. The number of unbranched alkanes of at least 4 members (excludes halogenated alkanes) is 1. The third kappa shape index (κ3) is 4.80. The lowest BCUT2D eigenvalue weighted by atomic mass is 9.96. The second kappa shape index (κ2) is 9.78. The van der Waals surface area contributed by atoms with Crippen LogP contribution >= 0.6 is 0 Å². The summed E-state index contributed by atoms with van der Waals surface area (Å²) in [5.74, 6) is 0.552. The first-order chi connectivity index (χ1) is 17.7. The standard InChI is InChI=1S/C28H34N6O3/c1-17(35)27-21-11-19(20-14-30-18(2)31-15-20)8-9-22(21)33(32-27)16-26(37)34-23(12-28(3)13-25(28)34)24(36)7-5-6-10-29-4/h8-9,11,14-15,23,25,29H,5-7,10,12-13,16H2,1-4H3/t23-,25+,28-/m0/s1. The topological polar surface area (TPSA) is 110 Å². The molecule has 1 saturated carbocycles. The number of nitrogens with zero attached hydrogens (tertiary/aromatic N) is 5. The Bertz CT molecular complexity index is 1360. The van der Waals surface area contributed by atoms with Gasteiger partial charge in [0.15, 0.2) is 11.6 Å². The van der Waals surface area contributed by atoms with Crippen molar-refractivity contribution in [1.29, 1.82) is 0 Å². The van der Waals surface area contributed by atoms with Crippen LogP contribution in [-0.2, 0) is 16.1 Å². The van der Waals surface area contributed by atoms with E-state index in [1.165, 1.54) is 6.92 Å². The predicted molar refractivity (Wildman–Crippen MR) is 140 cm³/mol. The van der Waals surface area contributed by atoms with Gasteiger partial charge in [-0.05, 0) is 69.3 Å². The lowest BCUT2D eigenvalue weighted by molar-refractivity contribution is -0.139. The van der Waals surface area contributed by atoms with Gasteiger partial charge >= 0.3 is 0 Å². The van der Waals surface area contributed by atoms with Gasteiger partial charge in [0.05, 0.1) is 11.6 Å². The molecule has 1 N–H and O–H groups in total. The van der Waals surface area contributed by atoms with Crippen molar-refractivity contribution in [1.82, 2.24) is 30.0 Å². The number of piperidine rings is 1. The van der Waals surface area contributed by atoms with Crippen LogP contribution in [0.25, 0.3) is 22.0 Å². The molecule has 2 fully saturated rings. The summed E-state index contributed by atoms with van der Waals surface area (Å²) in [5.41, 5.74) is 2.78. The minimum absolute atomic E-state index is 0.00706. The number of ketones is 2. The Morgan fingerprint density at radius 3 is 2.57 bits per heavy atom. The first-order valence-electron chi connectivity index (χ1n) is 13.0. The van der Waals surface area contributed by atoms with Gasteiger partial charge in [0.2, 0.25) is 5.91 Å². The normalized spacial score (nSPS) is 22.3. The van der Waals surface area contributed by atoms with Gasteiger partial charge in [0, 0.05) is 42.7 Å². The van der Waals surface area contributed by atoms with Gasteiger partial charge in [0.1, 0.15) is 18.1 Å².